The van der Waals surface area contributed by atoms with Crippen molar-refractivity contribution in [2.45, 2.75) is 12.5 Å². The molecule has 2 aliphatic heterocycles. The van der Waals surface area contributed by atoms with Crippen molar-refractivity contribution >= 4 is 11.8 Å². The average Bonchev–Trinajstić information content (AvgIpc) is 3.27. The number of hydrogen-bond donors (Lipinski definition) is 1. The zero-order chi connectivity index (χ0) is 14.6. The van der Waals surface area contributed by atoms with Gasteiger partial charge >= 0.3 is 0 Å². The second kappa shape index (κ2) is 4.46. The molecule has 4 rings (SSSR count). The maximum atomic E-state index is 12.0. The fourth-order valence-corrected chi connectivity index (χ4v) is 3.02. The van der Waals surface area contributed by atoms with Crippen LogP contribution in [0.4, 0.5) is 0 Å². The van der Waals surface area contributed by atoms with Gasteiger partial charge in [0, 0.05) is 12.6 Å². The van der Waals surface area contributed by atoms with E-state index in [4.69, 9.17) is 15.2 Å². The van der Waals surface area contributed by atoms with Crippen LogP contribution in [-0.4, -0.2) is 36.5 Å². The van der Waals surface area contributed by atoms with E-state index < -0.39 is 6.04 Å². The van der Waals surface area contributed by atoms with Crippen molar-refractivity contribution in [3.8, 4) is 11.5 Å². The van der Waals surface area contributed by atoms with Crippen LogP contribution in [0.2, 0.25) is 0 Å². The zero-order valence-corrected chi connectivity index (χ0v) is 11.5. The Bertz CT molecular complexity index is 610. The molecule has 0 radical (unpaired) electrons. The summed E-state index contributed by atoms with van der Waals surface area (Å²) in [7, 11) is 0. The van der Waals surface area contributed by atoms with Gasteiger partial charge in [0.1, 0.15) is 13.2 Å². The third-order valence-corrected chi connectivity index (χ3v) is 4.33. The smallest absolute Gasteiger partial charge is 0.233 e. The first-order chi connectivity index (χ1) is 10.1. The van der Waals surface area contributed by atoms with Crippen LogP contribution in [0.3, 0.4) is 0 Å². The second-order valence-electron chi connectivity index (χ2n) is 5.75. The van der Waals surface area contributed by atoms with Gasteiger partial charge < -0.3 is 15.2 Å². The van der Waals surface area contributed by atoms with Crippen molar-refractivity contribution in [2.75, 3.05) is 19.8 Å². The van der Waals surface area contributed by atoms with Gasteiger partial charge in [-0.15, -0.1) is 0 Å². The summed E-state index contributed by atoms with van der Waals surface area (Å²) in [6, 6.07) is 5.08. The van der Waals surface area contributed by atoms with E-state index in [-0.39, 0.29) is 30.2 Å². The Morgan fingerprint density at radius 2 is 1.81 bits per heavy atom. The number of ether oxygens (including phenoxy) is 2. The third kappa shape index (κ3) is 1.98. The Balaban J connectivity index is 1.51. The first-order valence-electron chi connectivity index (χ1n) is 7.15. The van der Waals surface area contributed by atoms with Crippen molar-refractivity contribution in [1.82, 2.24) is 4.90 Å². The van der Waals surface area contributed by atoms with E-state index in [0.717, 1.165) is 5.56 Å². The molecule has 1 aromatic rings. The third-order valence-electron chi connectivity index (χ3n) is 4.33. The number of imide groups is 1. The molecule has 6 heteroatoms. The highest BCUT2D eigenvalue weighted by Gasteiger charge is 2.58. The molecule has 2 N–H and O–H groups in total. The van der Waals surface area contributed by atoms with Crippen molar-refractivity contribution < 1.29 is 19.1 Å². The lowest BCUT2D eigenvalue weighted by atomic mass is 10.1. The Kier molecular flexibility index (Phi) is 2.68. The molecule has 1 saturated carbocycles. The minimum Gasteiger partial charge on any atom is -0.486 e. The second-order valence-corrected chi connectivity index (χ2v) is 5.75. The largest absolute Gasteiger partial charge is 0.486 e. The molecule has 21 heavy (non-hydrogen) atoms. The molecule has 3 unspecified atom stereocenters. The molecule has 0 aromatic heterocycles. The summed E-state index contributed by atoms with van der Waals surface area (Å²) in [5.74, 6) is 1.06. The molecule has 0 spiro atoms. The summed E-state index contributed by atoms with van der Waals surface area (Å²) >= 11 is 0. The van der Waals surface area contributed by atoms with E-state index in [1.54, 1.807) is 0 Å². The van der Waals surface area contributed by atoms with Gasteiger partial charge in [0.05, 0.1) is 11.8 Å². The number of likely N-dealkylation sites (tertiary alicyclic amines) is 1. The molecule has 110 valence electrons. The Morgan fingerprint density at radius 1 is 1.14 bits per heavy atom. The fraction of sp³-hybridized carbons (Fsp3) is 0.467. The zero-order valence-electron chi connectivity index (χ0n) is 11.5. The summed E-state index contributed by atoms with van der Waals surface area (Å²) in [4.78, 5) is 25.2. The number of nitrogens with zero attached hydrogens (tertiary/aromatic N) is 1. The van der Waals surface area contributed by atoms with Gasteiger partial charge in [0.25, 0.3) is 0 Å². The molecular weight excluding hydrogens is 272 g/mol. The van der Waals surface area contributed by atoms with Crippen LogP contribution >= 0.6 is 0 Å². The summed E-state index contributed by atoms with van der Waals surface area (Å²) in [6.45, 7) is 1.28. The Labute approximate surface area is 121 Å². The maximum absolute atomic E-state index is 12.0. The van der Waals surface area contributed by atoms with E-state index in [1.165, 1.54) is 4.90 Å². The number of piperidine rings is 1. The van der Waals surface area contributed by atoms with Gasteiger partial charge in [-0.3, -0.25) is 14.5 Å². The molecule has 3 atom stereocenters. The van der Waals surface area contributed by atoms with Crippen LogP contribution in [-0.2, 0) is 9.59 Å². The van der Waals surface area contributed by atoms with Gasteiger partial charge in [-0.2, -0.15) is 0 Å². The first kappa shape index (κ1) is 12.6. The van der Waals surface area contributed by atoms with Crippen LogP contribution in [0.1, 0.15) is 18.0 Å². The average molecular weight is 288 g/mol. The molecule has 2 fully saturated rings. The lowest BCUT2D eigenvalue weighted by Crippen LogP contribution is -2.38. The summed E-state index contributed by atoms with van der Waals surface area (Å²) < 4.78 is 11.0. The van der Waals surface area contributed by atoms with Gasteiger partial charge in [-0.05, 0) is 24.1 Å². The van der Waals surface area contributed by atoms with Crippen LogP contribution in [0.25, 0.3) is 0 Å². The first-order valence-corrected chi connectivity index (χ1v) is 7.15. The molecule has 1 aliphatic carbocycles. The topological polar surface area (TPSA) is 81.9 Å². The lowest BCUT2D eigenvalue weighted by Gasteiger charge is -2.23. The Hall–Kier alpha value is -2.08. The molecule has 6 nitrogen and oxygen atoms in total. The van der Waals surface area contributed by atoms with E-state index in [9.17, 15) is 9.59 Å². The molecule has 3 aliphatic rings. The van der Waals surface area contributed by atoms with Crippen LogP contribution in [0.5, 0.6) is 11.5 Å². The molecule has 1 saturated heterocycles. The van der Waals surface area contributed by atoms with Gasteiger partial charge in [-0.1, -0.05) is 6.07 Å². The van der Waals surface area contributed by atoms with Crippen LogP contribution in [0, 0.1) is 11.8 Å². The quantitative estimate of drug-likeness (QED) is 0.817. The molecule has 2 amide bonds. The van der Waals surface area contributed by atoms with E-state index >= 15 is 0 Å². The van der Waals surface area contributed by atoms with Crippen molar-refractivity contribution in [1.29, 1.82) is 0 Å². The standard InChI is InChI=1S/C15H16N2O4/c16-11(7-17-14(18)9-6-10(9)15(17)19)8-1-2-12-13(5-8)21-4-3-20-12/h1-2,5,9-11H,3-4,6-7,16H2. The van der Waals surface area contributed by atoms with Crippen LogP contribution in [0.15, 0.2) is 18.2 Å². The molecule has 1 aromatic carbocycles. The lowest BCUT2D eigenvalue weighted by molar-refractivity contribution is -0.141. The summed E-state index contributed by atoms with van der Waals surface area (Å²) in [6.07, 6.45) is 0.716. The number of amides is 2. The number of carbonyl (C=O) groups is 2. The number of benzene rings is 1. The summed E-state index contributed by atoms with van der Waals surface area (Å²) in [5.41, 5.74) is 6.98. The minimum atomic E-state index is -0.411. The molecule has 0 bridgehead atoms. The van der Waals surface area contributed by atoms with E-state index in [0.29, 0.717) is 31.1 Å². The minimum absolute atomic E-state index is 0.0713. The highest BCUT2D eigenvalue weighted by molar-refractivity contribution is 6.08. The van der Waals surface area contributed by atoms with Crippen molar-refractivity contribution in [3.05, 3.63) is 23.8 Å². The Morgan fingerprint density at radius 3 is 2.52 bits per heavy atom. The van der Waals surface area contributed by atoms with E-state index in [2.05, 4.69) is 0 Å². The SMILES string of the molecule is NC(CN1C(=O)C2CC2C1=O)c1ccc2c(c1)OCCO2. The number of hydrogen-bond acceptors (Lipinski definition) is 5. The van der Waals surface area contributed by atoms with Crippen molar-refractivity contribution in [2.24, 2.45) is 17.6 Å². The monoisotopic (exact) mass is 288 g/mol. The maximum Gasteiger partial charge on any atom is 0.233 e. The number of nitrogens with two attached hydrogens (primary N) is 1. The fourth-order valence-electron chi connectivity index (χ4n) is 3.02. The van der Waals surface area contributed by atoms with Crippen molar-refractivity contribution in [3.63, 3.8) is 0 Å². The number of carbonyl (C=O) groups excluding carboxylic acids is 2. The normalized spacial score (nSPS) is 27.6. The number of fused-ring (bicyclic) bond motifs is 2. The predicted molar refractivity (Wildman–Crippen MR) is 72.7 cm³/mol. The van der Waals surface area contributed by atoms with Gasteiger partial charge in [0.2, 0.25) is 11.8 Å². The van der Waals surface area contributed by atoms with Gasteiger partial charge in [0.15, 0.2) is 11.5 Å². The predicted octanol–water partition coefficient (Wildman–Crippen LogP) is 0.462. The molecular formula is C15H16N2O4. The highest BCUT2D eigenvalue weighted by atomic mass is 16.6. The van der Waals surface area contributed by atoms with Gasteiger partial charge in [-0.25, -0.2) is 0 Å². The number of rotatable bonds is 3. The van der Waals surface area contributed by atoms with E-state index in [1.807, 2.05) is 18.2 Å². The highest BCUT2D eigenvalue weighted by Crippen LogP contribution is 2.47. The van der Waals surface area contributed by atoms with Crippen LogP contribution < -0.4 is 15.2 Å². The summed E-state index contributed by atoms with van der Waals surface area (Å²) in [5, 5.41) is 0. The molecule has 2 heterocycles.